The molecule has 0 aliphatic carbocycles. The van der Waals surface area contributed by atoms with E-state index < -0.39 is 11.6 Å². The Morgan fingerprint density at radius 3 is 2.26 bits per heavy atom. The second-order valence-corrected chi connectivity index (χ2v) is 5.89. The van der Waals surface area contributed by atoms with Crippen LogP contribution in [0.1, 0.15) is 25.8 Å². The molecule has 2 nitrogen and oxygen atoms in total. The molecule has 0 saturated carbocycles. The molecule has 0 bridgehead atoms. The first kappa shape index (κ1) is 16.5. The van der Waals surface area contributed by atoms with E-state index in [9.17, 15) is 8.78 Å². The van der Waals surface area contributed by atoms with Crippen molar-refractivity contribution >= 4 is 15.9 Å². The molecule has 0 aromatic heterocycles. The van der Waals surface area contributed by atoms with Gasteiger partial charge in [0.1, 0.15) is 11.6 Å². The predicted octanol–water partition coefficient (Wildman–Crippen LogP) is 3.45. The van der Waals surface area contributed by atoms with Gasteiger partial charge in [-0.3, -0.25) is 0 Å². The Kier molecular flexibility index (Phi) is 7.49. The smallest absolute Gasteiger partial charge is 0.131 e. The lowest BCUT2D eigenvalue weighted by atomic mass is 10.2. The monoisotopic (exact) mass is 334 g/mol. The first-order valence-corrected chi connectivity index (χ1v) is 7.35. The highest BCUT2D eigenvalue weighted by atomic mass is 79.9. The molecular weight excluding hydrogens is 314 g/mol. The van der Waals surface area contributed by atoms with Crippen molar-refractivity contribution in [2.45, 2.75) is 26.8 Å². The highest BCUT2D eigenvalue weighted by Crippen LogP contribution is 2.19. The fourth-order valence-electron chi connectivity index (χ4n) is 1.68. The largest absolute Gasteiger partial charge is 0.316 e. The average Bonchev–Trinajstić information content (AvgIpc) is 2.30. The van der Waals surface area contributed by atoms with Crippen LogP contribution >= 0.6 is 15.9 Å². The number of nitrogens with one attached hydrogen (secondary N) is 2. The number of halogens is 3. The zero-order chi connectivity index (χ0) is 14.3. The van der Waals surface area contributed by atoms with Gasteiger partial charge in [-0.05, 0) is 44.1 Å². The Balaban J connectivity index is 2.23. The van der Waals surface area contributed by atoms with Crippen LogP contribution in [0.4, 0.5) is 8.78 Å². The number of benzene rings is 1. The van der Waals surface area contributed by atoms with Crippen molar-refractivity contribution < 1.29 is 8.78 Å². The van der Waals surface area contributed by atoms with E-state index in [0.29, 0.717) is 10.4 Å². The molecule has 5 heteroatoms. The Labute approximate surface area is 122 Å². The summed E-state index contributed by atoms with van der Waals surface area (Å²) in [5.41, 5.74) is 0.0957. The molecule has 0 unspecified atom stereocenters. The summed E-state index contributed by atoms with van der Waals surface area (Å²) in [6.07, 6.45) is 0.937. The molecule has 2 N–H and O–H groups in total. The third-order valence-electron chi connectivity index (χ3n) is 2.67. The van der Waals surface area contributed by atoms with Gasteiger partial charge in [-0.15, -0.1) is 0 Å². The van der Waals surface area contributed by atoms with Gasteiger partial charge in [0.2, 0.25) is 0 Å². The molecule has 0 heterocycles. The molecule has 1 aromatic carbocycles. The third kappa shape index (κ3) is 6.45. The van der Waals surface area contributed by atoms with Crippen molar-refractivity contribution in [1.29, 1.82) is 0 Å². The molecule has 0 saturated heterocycles. The Morgan fingerprint density at radius 2 is 1.68 bits per heavy atom. The van der Waals surface area contributed by atoms with E-state index in [1.807, 2.05) is 0 Å². The van der Waals surface area contributed by atoms with Gasteiger partial charge in [-0.25, -0.2) is 8.78 Å². The highest BCUT2D eigenvalue weighted by molar-refractivity contribution is 9.10. The van der Waals surface area contributed by atoms with Crippen molar-refractivity contribution in [3.8, 4) is 0 Å². The van der Waals surface area contributed by atoms with Crippen molar-refractivity contribution in [2.24, 2.45) is 5.92 Å². The molecule has 0 fully saturated rings. The van der Waals surface area contributed by atoms with Crippen LogP contribution in [0.2, 0.25) is 0 Å². The van der Waals surface area contributed by atoms with E-state index in [1.54, 1.807) is 0 Å². The molecular formula is C14H21BrF2N2. The van der Waals surface area contributed by atoms with Crippen LogP contribution in [0.25, 0.3) is 0 Å². The second-order valence-electron chi connectivity index (χ2n) is 4.98. The summed E-state index contributed by atoms with van der Waals surface area (Å²) in [5, 5.41) is 6.38. The minimum atomic E-state index is -0.516. The molecule has 19 heavy (non-hydrogen) atoms. The van der Waals surface area contributed by atoms with Crippen LogP contribution in [-0.4, -0.2) is 19.6 Å². The molecule has 0 amide bonds. The maximum Gasteiger partial charge on any atom is 0.131 e. The zero-order valence-corrected chi connectivity index (χ0v) is 13.0. The summed E-state index contributed by atoms with van der Waals surface area (Å²) in [6, 6.07) is 2.56. The molecule has 1 rings (SSSR count). The molecule has 0 atom stereocenters. The molecule has 1 aromatic rings. The van der Waals surface area contributed by atoms with Gasteiger partial charge in [0.15, 0.2) is 0 Å². The Morgan fingerprint density at radius 1 is 1.11 bits per heavy atom. The summed E-state index contributed by atoms with van der Waals surface area (Å²) < 4.78 is 27.4. The Hall–Kier alpha value is -0.520. The van der Waals surface area contributed by atoms with Gasteiger partial charge in [0, 0.05) is 16.6 Å². The standard InChI is InChI=1S/C14H21BrF2N2/c1-10(2)8-18-4-3-5-19-9-12-13(16)6-11(15)7-14(12)17/h6-7,10,18-19H,3-5,8-9H2,1-2H3. The summed E-state index contributed by atoms with van der Waals surface area (Å²) in [5.74, 6) is -0.395. The van der Waals surface area contributed by atoms with E-state index >= 15 is 0 Å². The first-order chi connectivity index (χ1) is 9.00. The number of hydrogen-bond donors (Lipinski definition) is 2. The van der Waals surface area contributed by atoms with Crippen LogP contribution in [0.15, 0.2) is 16.6 Å². The van der Waals surface area contributed by atoms with Crippen LogP contribution in [0.5, 0.6) is 0 Å². The van der Waals surface area contributed by atoms with Crippen molar-refractivity contribution in [3.05, 3.63) is 33.8 Å². The van der Waals surface area contributed by atoms with E-state index in [2.05, 4.69) is 40.4 Å². The van der Waals surface area contributed by atoms with Gasteiger partial charge in [-0.1, -0.05) is 29.8 Å². The van der Waals surface area contributed by atoms with E-state index in [0.717, 1.165) is 26.1 Å². The fourth-order valence-corrected chi connectivity index (χ4v) is 2.09. The van der Waals surface area contributed by atoms with E-state index in [4.69, 9.17) is 0 Å². The van der Waals surface area contributed by atoms with Crippen molar-refractivity contribution in [3.63, 3.8) is 0 Å². The highest BCUT2D eigenvalue weighted by Gasteiger charge is 2.09. The summed E-state index contributed by atoms with van der Waals surface area (Å²) in [6.45, 7) is 7.18. The van der Waals surface area contributed by atoms with Gasteiger partial charge >= 0.3 is 0 Å². The molecule has 108 valence electrons. The van der Waals surface area contributed by atoms with Crippen LogP contribution < -0.4 is 10.6 Å². The first-order valence-electron chi connectivity index (χ1n) is 6.55. The van der Waals surface area contributed by atoms with E-state index in [1.165, 1.54) is 12.1 Å². The molecule has 0 radical (unpaired) electrons. The number of hydrogen-bond acceptors (Lipinski definition) is 2. The zero-order valence-electron chi connectivity index (χ0n) is 11.4. The lowest BCUT2D eigenvalue weighted by Gasteiger charge is -2.09. The summed E-state index contributed by atoms with van der Waals surface area (Å²) >= 11 is 3.06. The van der Waals surface area contributed by atoms with Gasteiger partial charge < -0.3 is 10.6 Å². The molecule has 0 aliphatic rings. The maximum atomic E-state index is 13.5. The fraction of sp³-hybridized carbons (Fsp3) is 0.571. The summed E-state index contributed by atoms with van der Waals surface area (Å²) in [7, 11) is 0. The van der Waals surface area contributed by atoms with Crippen molar-refractivity contribution in [1.82, 2.24) is 10.6 Å². The van der Waals surface area contributed by atoms with Gasteiger partial charge in [0.05, 0.1) is 0 Å². The van der Waals surface area contributed by atoms with Gasteiger partial charge in [0.25, 0.3) is 0 Å². The van der Waals surface area contributed by atoms with Crippen LogP contribution in [0.3, 0.4) is 0 Å². The van der Waals surface area contributed by atoms with Gasteiger partial charge in [-0.2, -0.15) is 0 Å². The Bertz CT molecular complexity index is 374. The normalized spacial score (nSPS) is 11.3. The average molecular weight is 335 g/mol. The summed E-state index contributed by atoms with van der Waals surface area (Å²) in [4.78, 5) is 0. The lowest BCUT2D eigenvalue weighted by Crippen LogP contribution is -2.25. The lowest BCUT2D eigenvalue weighted by molar-refractivity contribution is 0.513. The minimum Gasteiger partial charge on any atom is -0.316 e. The second kappa shape index (κ2) is 8.61. The van der Waals surface area contributed by atoms with Crippen LogP contribution in [-0.2, 0) is 6.54 Å². The van der Waals surface area contributed by atoms with E-state index in [-0.39, 0.29) is 12.1 Å². The molecule has 0 spiro atoms. The van der Waals surface area contributed by atoms with Crippen molar-refractivity contribution in [2.75, 3.05) is 19.6 Å². The number of rotatable bonds is 8. The third-order valence-corrected chi connectivity index (χ3v) is 3.13. The minimum absolute atomic E-state index is 0.0957. The predicted molar refractivity (Wildman–Crippen MR) is 78.1 cm³/mol. The SMILES string of the molecule is CC(C)CNCCCNCc1c(F)cc(Br)cc1F. The topological polar surface area (TPSA) is 24.1 Å². The molecule has 0 aliphatic heterocycles. The van der Waals surface area contributed by atoms with Crippen LogP contribution in [0, 0.1) is 17.6 Å². The quantitative estimate of drug-likeness (QED) is 0.711. The maximum absolute atomic E-state index is 13.5.